The van der Waals surface area contributed by atoms with Crippen LogP contribution in [0.25, 0.3) is 0 Å². The molecule has 1 N–H and O–H groups in total. The summed E-state index contributed by atoms with van der Waals surface area (Å²) in [5, 5.41) is 5.98. The van der Waals surface area contributed by atoms with Gasteiger partial charge in [-0.05, 0) is 18.2 Å². The van der Waals surface area contributed by atoms with Crippen LogP contribution in [0.4, 0.5) is 16.2 Å². The van der Waals surface area contributed by atoms with Crippen molar-refractivity contribution in [2.24, 2.45) is 5.16 Å². The summed E-state index contributed by atoms with van der Waals surface area (Å²) in [6, 6.07) is 16.5. The second-order valence-corrected chi connectivity index (χ2v) is 4.56. The molecule has 110 valence electrons. The van der Waals surface area contributed by atoms with Gasteiger partial charge in [0, 0.05) is 18.3 Å². The van der Waals surface area contributed by atoms with Gasteiger partial charge in [0.05, 0.1) is 5.69 Å². The lowest BCUT2D eigenvalue weighted by molar-refractivity contribution is -0.111. The Kier molecular flexibility index (Phi) is 3.57. The fraction of sp³-hybridized carbons (Fsp3) is 0.0625. The highest BCUT2D eigenvalue weighted by Crippen LogP contribution is 2.35. The number of carbonyl (C=O) groups is 2. The van der Waals surface area contributed by atoms with Gasteiger partial charge in [-0.2, -0.15) is 0 Å². The third kappa shape index (κ3) is 2.31. The van der Waals surface area contributed by atoms with Crippen LogP contribution in [-0.4, -0.2) is 24.8 Å². The molecular weight excluding hydrogens is 282 g/mol. The Balaban J connectivity index is 2.05. The standard InChI is InChI=1S/C16H13N3O3/c1-17-16(21)22-18-14-12-9-5-6-10-13(12)19(15(14)20)11-7-3-2-4-8-11/h2-10H,1H3,(H,17,21)/b18-14-. The number of nitrogens with one attached hydrogen (secondary N) is 1. The van der Waals surface area contributed by atoms with E-state index in [9.17, 15) is 9.59 Å². The van der Waals surface area contributed by atoms with Crippen molar-refractivity contribution in [1.82, 2.24) is 5.32 Å². The van der Waals surface area contributed by atoms with E-state index in [1.807, 2.05) is 42.5 Å². The normalized spacial score (nSPS) is 14.9. The minimum atomic E-state index is -0.726. The molecular formula is C16H13N3O3. The van der Waals surface area contributed by atoms with Crippen molar-refractivity contribution in [3.05, 3.63) is 60.2 Å². The number of oxime groups is 1. The molecule has 2 aromatic rings. The molecule has 6 nitrogen and oxygen atoms in total. The Hall–Kier alpha value is -3.15. The number of anilines is 2. The molecule has 1 aliphatic rings. The third-order valence-corrected chi connectivity index (χ3v) is 3.24. The van der Waals surface area contributed by atoms with Crippen LogP contribution in [-0.2, 0) is 9.63 Å². The monoisotopic (exact) mass is 295 g/mol. The van der Waals surface area contributed by atoms with E-state index < -0.39 is 6.09 Å². The summed E-state index contributed by atoms with van der Waals surface area (Å²) >= 11 is 0. The summed E-state index contributed by atoms with van der Waals surface area (Å²) in [5.41, 5.74) is 2.16. The molecule has 3 rings (SSSR count). The highest BCUT2D eigenvalue weighted by Gasteiger charge is 2.35. The molecule has 0 aliphatic carbocycles. The lowest BCUT2D eigenvalue weighted by Gasteiger charge is -2.16. The van der Waals surface area contributed by atoms with Gasteiger partial charge in [0.1, 0.15) is 0 Å². The van der Waals surface area contributed by atoms with Crippen molar-refractivity contribution in [2.75, 3.05) is 11.9 Å². The Morgan fingerprint density at radius 2 is 1.77 bits per heavy atom. The molecule has 0 saturated heterocycles. The summed E-state index contributed by atoms with van der Waals surface area (Å²) in [6.45, 7) is 0. The van der Waals surface area contributed by atoms with E-state index in [1.54, 1.807) is 17.0 Å². The number of fused-ring (bicyclic) bond motifs is 1. The van der Waals surface area contributed by atoms with Gasteiger partial charge in [0.25, 0.3) is 5.91 Å². The Morgan fingerprint density at radius 1 is 1.09 bits per heavy atom. The van der Waals surface area contributed by atoms with Crippen molar-refractivity contribution in [3.8, 4) is 0 Å². The third-order valence-electron chi connectivity index (χ3n) is 3.24. The van der Waals surface area contributed by atoms with Crippen LogP contribution in [0, 0.1) is 0 Å². The second-order valence-electron chi connectivity index (χ2n) is 4.56. The first kappa shape index (κ1) is 13.8. The van der Waals surface area contributed by atoms with Crippen LogP contribution >= 0.6 is 0 Å². The Bertz CT molecular complexity index is 756. The van der Waals surface area contributed by atoms with E-state index in [1.165, 1.54) is 7.05 Å². The predicted octanol–water partition coefficient (Wildman–Crippen LogP) is 2.43. The van der Waals surface area contributed by atoms with Crippen LogP contribution in [0.5, 0.6) is 0 Å². The minimum absolute atomic E-state index is 0.100. The maximum atomic E-state index is 12.6. The molecule has 0 spiro atoms. The number of hydrogen-bond donors (Lipinski definition) is 1. The molecule has 6 heteroatoms. The van der Waals surface area contributed by atoms with Crippen molar-refractivity contribution in [3.63, 3.8) is 0 Å². The molecule has 1 aliphatic heterocycles. The van der Waals surface area contributed by atoms with Crippen LogP contribution in [0.3, 0.4) is 0 Å². The van der Waals surface area contributed by atoms with Crippen LogP contribution in [0.15, 0.2) is 59.8 Å². The molecule has 22 heavy (non-hydrogen) atoms. The van der Waals surface area contributed by atoms with E-state index in [-0.39, 0.29) is 11.6 Å². The topological polar surface area (TPSA) is 71.0 Å². The first-order valence-corrected chi connectivity index (χ1v) is 6.68. The molecule has 0 saturated carbocycles. The number of amides is 2. The fourth-order valence-electron chi connectivity index (χ4n) is 2.25. The summed E-state index contributed by atoms with van der Waals surface area (Å²) < 4.78 is 0. The van der Waals surface area contributed by atoms with Gasteiger partial charge in [-0.3, -0.25) is 14.5 Å². The zero-order valence-corrected chi connectivity index (χ0v) is 11.8. The van der Waals surface area contributed by atoms with Gasteiger partial charge in [0.2, 0.25) is 0 Å². The highest BCUT2D eigenvalue weighted by molar-refractivity contribution is 6.55. The first-order valence-electron chi connectivity index (χ1n) is 6.68. The lowest BCUT2D eigenvalue weighted by Crippen LogP contribution is -2.26. The van der Waals surface area contributed by atoms with Crippen molar-refractivity contribution >= 4 is 29.1 Å². The first-order chi connectivity index (χ1) is 10.7. The maximum Gasteiger partial charge on any atom is 0.433 e. The van der Waals surface area contributed by atoms with E-state index in [0.29, 0.717) is 11.3 Å². The van der Waals surface area contributed by atoms with E-state index in [4.69, 9.17) is 0 Å². The zero-order valence-electron chi connectivity index (χ0n) is 11.8. The van der Waals surface area contributed by atoms with Gasteiger partial charge >= 0.3 is 6.09 Å². The van der Waals surface area contributed by atoms with Crippen LogP contribution < -0.4 is 10.2 Å². The quantitative estimate of drug-likeness (QED) is 0.683. The average Bonchev–Trinajstić information content (AvgIpc) is 2.85. The lowest BCUT2D eigenvalue weighted by atomic mass is 10.1. The molecule has 2 aromatic carbocycles. The van der Waals surface area contributed by atoms with Crippen LogP contribution in [0.2, 0.25) is 0 Å². The van der Waals surface area contributed by atoms with Crippen molar-refractivity contribution in [1.29, 1.82) is 0 Å². The summed E-state index contributed by atoms with van der Waals surface area (Å²) in [4.78, 5) is 30.0. The molecule has 0 aromatic heterocycles. The average molecular weight is 295 g/mol. The molecule has 2 amide bonds. The van der Waals surface area contributed by atoms with E-state index >= 15 is 0 Å². The van der Waals surface area contributed by atoms with Gasteiger partial charge < -0.3 is 5.32 Å². The molecule has 0 atom stereocenters. The summed E-state index contributed by atoms with van der Waals surface area (Å²) in [5.74, 6) is -0.337. The van der Waals surface area contributed by atoms with Gasteiger partial charge in [-0.25, -0.2) is 4.79 Å². The number of para-hydroxylation sites is 2. The highest BCUT2D eigenvalue weighted by atomic mass is 16.7. The van der Waals surface area contributed by atoms with E-state index in [0.717, 1.165) is 5.69 Å². The number of benzene rings is 2. The SMILES string of the molecule is CNC(=O)O/N=C1\C(=O)N(c2ccccc2)c2ccccc21. The van der Waals surface area contributed by atoms with Crippen LogP contribution in [0.1, 0.15) is 5.56 Å². The molecule has 0 bridgehead atoms. The summed E-state index contributed by atoms with van der Waals surface area (Å²) in [6.07, 6.45) is -0.726. The molecule has 0 fully saturated rings. The molecule has 1 heterocycles. The number of nitrogens with zero attached hydrogens (tertiary/aromatic N) is 2. The van der Waals surface area contributed by atoms with E-state index in [2.05, 4.69) is 15.3 Å². The zero-order chi connectivity index (χ0) is 15.5. The molecule has 0 unspecified atom stereocenters. The van der Waals surface area contributed by atoms with Gasteiger partial charge in [-0.15, -0.1) is 0 Å². The number of hydrogen-bond acceptors (Lipinski definition) is 4. The van der Waals surface area contributed by atoms with Crippen molar-refractivity contribution in [2.45, 2.75) is 0 Å². The van der Waals surface area contributed by atoms with Gasteiger partial charge in [0.15, 0.2) is 5.71 Å². The smallest absolute Gasteiger partial charge is 0.323 e. The summed E-state index contributed by atoms with van der Waals surface area (Å²) in [7, 11) is 1.42. The number of rotatable bonds is 2. The second kappa shape index (κ2) is 5.69. The maximum absolute atomic E-state index is 12.6. The minimum Gasteiger partial charge on any atom is -0.323 e. The van der Waals surface area contributed by atoms with Crippen molar-refractivity contribution < 1.29 is 14.4 Å². The molecule has 0 radical (unpaired) electrons. The largest absolute Gasteiger partial charge is 0.433 e. The van der Waals surface area contributed by atoms with Gasteiger partial charge in [-0.1, -0.05) is 41.6 Å². The number of carbonyl (C=O) groups excluding carboxylic acids is 2. The predicted molar refractivity (Wildman–Crippen MR) is 82.1 cm³/mol. The Labute approximate surface area is 127 Å². The Morgan fingerprint density at radius 3 is 2.50 bits per heavy atom. The fourth-order valence-corrected chi connectivity index (χ4v) is 2.25.